The predicted molar refractivity (Wildman–Crippen MR) is 69.4 cm³/mol. The normalized spacial score (nSPS) is 10.8. The quantitative estimate of drug-likeness (QED) is 0.671. The molecule has 0 aliphatic heterocycles. The first-order valence-corrected chi connectivity index (χ1v) is 5.63. The molecule has 0 atom stereocenters. The second-order valence-electron chi connectivity index (χ2n) is 4.10. The zero-order valence-corrected chi connectivity index (χ0v) is 10.1. The molecule has 0 amide bonds. The van der Waals surface area contributed by atoms with Gasteiger partial charge in [-0.1, -0.05) is 0 Å². The Morgan fingerprint density at radius 1 is 1.37 bits per heavy atom. The molecule has 96 valence electrons. The number of carboxylic acids is 1. The Morgan fingerprint density at radius 3 is 2.95 bits per heavy atom. The van der Waals surface area contributed by atoms with Crippen LogP contribution in [0.15, 0.2) is 30.5 Å². The maximum Gasteiger partial charge on any atom is 0.339 e. The third kappa shape index (κ3) is 1.83. The van der Waals surface area contributed by atoms with Crippen LogP contribution in [0.3, 0.4) is 0 Å². The summed E-state index contributed by atoms with van der Waals surface area (Å²) >= 11 is 0. The van der Waals surface area contributed by atoms with Gasteiger partial charge in [-0.25, -0.2) is 4.79 Å². The van der Waals surface area contributed by atoms with Gasteiger partial charge in [0.05, 0.1) is 24.7 Å². The van der Waals surface area contributed by atoms with E-state index < -0.39 is 5.97 Å². The Hall–Kier alpha value is -2.76. The summed E-state index contributed by atoms with van der Waals surface area (Å²) in [5.41, 5.74) is 2.15. The number of fused-ring (bicyclic) bond motifs is 1. The van der Waals surface area contributed by atoms with E-state index in [-0.39, 0.29) is 5.56 Å². The number of H-pyrrole nitrogens is 2. The van der Waals surface area contributed by atoms with E-state index >= 15 is 0 Å². The summed E-state index contributed by atoms with van der Waals surface area (Å²) in [5, 5.41) is 16.5. The van der Waals surface area contributed by atoms with Crippen molar-refractivity contribution in [3.05, 3.63) is 36.0 Å². The number of benzene rings is 1. The summed E-state index contributed by atoms with van der Waals surface area (Å²) < 4.78 is 5.15. The van der Waals surface area contributed by atoms with E-state index in [1.54, 1.807) is 7.11 Å². The Balaban J connectivity index is 2.15. The van der Waals surface area contributed by atoms with Crippen molar-refractivity contribution in [3.63, 3.8) is 0 Å². The van der Waals surface area contributed by atoms with Gasteiger partial charge in [0.25, 0.3) is 0 Å². The first-order chi connectivity index (χ1) is 9.19. The van der Waals surface area contributed by atoms with E-state index in [4.69, 9.17) is 9.84 Å². The summed E-state index contributed by atoms with van der Waals surface area (Å²) in [5.74, 6) is -0.274. The standard InChI is InChI=1S/C13H11N3O3/c1-19-8-3-2-7-4-11(15-10(7)5-8)12-9(13(17)18)6-14-16-12/h2-6,15H,1H3,(H,14,16)(H,17,18). The fourth-order valence-corrected chi connectivity index (χ4v) is 2.02. The summed E-state index contributed by atoms with van der Waals surface area (Å²) in [7, 11) is 1.60. The van der Waals surface area contributed by atoms with Gasteiger partial charge in [0.2, 0.25) is 0 Å². The predicted octanol–water partition coefficient (Wildman–Crippen LogP) is 2.26. The summed E-state index contributed by atoms with van der Waals surface area (Å²) in [4.78, 5) is 14.2. The zero-order chi connectivity index (χ0) is 13.4. The summed E-state index contributed by atoms with van der Waals surface area (Å²) in [6.07, 6.45) is 1.30. The zero-order valence-electron chi connectivity index (χ0n) is 10.1. The Labute approximate surface area is 108 Å². The van der Waals surface area contributed by atoms with E-state index in [0.717, 1.165) is 16.7 Å². The first-order valence-electron chi connectivity index (χ1n) is 5.63. The smallest absolute Gasteiger partial charge is 0.339 e. The molecule has 3 aromatic rings. The molecular formula is C13H11N3O3. The largest absolute Gasteiger partial charge is 0.497 e. The van der Waals surface area contributed by atoms with Gasteiger partial charge >= 0.3 is 5.97 Å². The molecule has 3 rings (SSSR count). The third-order valence-corrected chi connectivity index (χ3v) is 2.97. The van der Waals surface area contributed by atoms with E-state index in [0.29, 0.717) is 11.4 Å². The molecule has 0 bridgehead atoms. The SMILES string of the molecule is COc1ccc2cc(-c3[nH]ncc3C(=O)O)[nH]c2c1. The lowest BCUT2D eigenvalue weighted by atomic mass is 10.2. The number of hydrogen-bond acceptors (Lipinski definition) is 3. The van der Waals surface area contributed by atoms with Gasteiger partial charge < -0.3 is 14.8 Å². The van der Waals surface area contributed by atoms with E-state index in [9.17, 15) is 4.79 Å². The number of nitrogens with zero attached hydrogens (tertiary/aromatic N) is 1. The third-order valence-electron chi connectivity index (χ3n) is 2.97. The highest BCUT2D eigenvalue weighted by Gasteiger charge is 2.15. The van der Waals surface area contributed by atoms with Crippen molar-refractivity contribution >= 4 is 16.9 Å². The minimum Gasteiger partial charge on any atom is -0.497 e. The molecule has 0 saturated carbocycles. The number of aromatic amines is 2. The molecule has 3 N–H and O–H groups in total. The first kappa shape index (κ1) is 11.3. The minimum absolute atomic E-state index is 0.138. The molecule has 6 heteroatoms. The summed E-state index contributed by atoms with van der Waals surface area (Å²) in [6.45, 7) is 0. The van der Waals surface area contributed by atoms with Crippen molar-refractivity contribution in [2.24, 2.45) is 0 Å². The van der Waals surface area contributed by atoms with Crippen molar-refractivity contribution in [1.82, 2.24) is 15.2 Å². The molecule has 19 heavy (non-hydrogen) atoms. The van der Waals surface area contributed by atoms with E-state index in [1.165, 1.54) is 6.20 Å². The van der Waals surface area contributed by atoms with Crippen LogP contribution >= 0.6 is 0 Å². The lowest BCUT2D eigenvalue weighted by molar-refractivity contribution is 0.0698. The maximum atomic E-state index is 11.1. The Kier molecular flexibility index (Phi) is 2.49. The van der Waals surface area contributed by atoms with Gasteiger partial charge in [0, 0.05) is 17.0 Å². The number of rotatable bonds is 3. The molecule has 0 unspecified atom stereocenters. The molecule has 0 fully saturated rings. The highest BCUT2D eigenvalue weighted by molar-refractivity contribution is 5.96. The van der Waals surface area contributed by atoms with Crippen LogP contribution in [0.5, 0.6) is 5.75 Å². The summed E-state index contributed by atoms with van der Waals surface area (Å²) in [6, 6.07) is 7.49. The van der Waals surface area contributed by atoms with E-state index in [2.05, 4.69) is 15.2 Å². The monoisotopic (exact) mass is 257 g/mol. The van der Waals surface area contributed by atoms with Crippen molar-refractivity contribution in [2.75, 3.05) is 7.11 Å². The number of nitrogens with one attached hydrogen (secondary N) is 2. The lowest BCUT2D eigenvalue weighted by Gasteiger charge is -1.97. The molecule has 2 aromatic heterocycles. The topological polar surface area (TPSA) is 91.0 Å². The lowest BCUT2D eigenvalue weighted by Crippen LogP contribution is -1.96. The van der Waals surface area contributed by atoms with Gasteiger partial charge in [0.1, 0.15) is 11.3 Å². The van der Waals surface area contributed by atoms with Crippen molar-refractivity contribution in [2.45, 2.75) is 0 Å². The highest BCUT2D eigenvalue weighted by atomic mass is 16.5. The molecule has 0 saturated heterocycles. The highest BCUT2D eigenvalue weighted by Crippen LogP contribution is 2.27. The molecule has 0 aliphatic rings. The van der Waals surface area contributed by atoms with Crippen LogP contribution < -0.4 is 4.74 Å². The second-order valence-corrected chi connectivity index (χ2v) is 4.10. The number of carbonyl (C=O) groups is 1. The van der Waals surface area contributed by atoms with Crippen LogP contribution in [0.1, 0.15) is 10.4 Å². The molecular weight excluding hydrogens is 246 g/mol. The van der Waals surface area contributed by atoms with Crippen LogP contribution in [-0.2, 0) is 0 Å². The molecule has 0 spiro atoms. The number of aromatic carboxylic acids is 1. The van der Waals surface area contributed by atoms with Crippen molar-refractivity contribution in [3.8, 4) is 17.1 Å². The average molecular weight is 257 g/mol. The van der Waals surface area contributed by atoms with Crippen molar-refractivity contribution in [1.29, 1.82) is 0 Å². The molecule has 2 heterocycles. The Morgan fingerprint density at radius 2 is 2.21 bits per heavy atom. The fourth-order valence-electron chi connectivity index (χ4n) is 2.02. The maximum absolute atomic E-state index is 11.1. The van der Waals surface area contributed by atoms with Crippen LogP contribution in [-0.4, -0.2) is 33.4 Å². The van der Waals surface area contributed by atoms with Crippen LogP contribution in [0.2, 0.25) is 0 Å². The van der Waals surface area contributed by atoms with Crippen LogP contribution in [0, 0.1) is 0 Å². The van der Waals surface area contributed by atoms with Gasteiger partial charge in [-0.3, -0.25) is 5.10 Å². The Bertz CT molecular complexity index is 757. The van der Waals surface area contributed by atoms with Gasteiger partial charge in [-0.15, -0.1) is 0 Å². The number of ether oxygens (including phenoxy) is 1. The van der Waals surface area contributed by atoms with Crippen LogP contribution in [0.4, 0.5) is 0 Å². The van der Waals surface area contributed by atoms with Gasteiger partial charge in [-0.2, -0.15) is 5.10 Å². The van der Waals surface area contributed by atoms with Gasteiger partial charge in [-0.05, 0) is 18.2 Å². The van der Waals surface area contributed by atoms with E-state index in [1.807, 2.05) is 24.3 Å². The van der Waals surface area contributed by atoms with Crippen LogP contribution in [0.25, 0.3) is 22.3 Å². The number of hydrogen-bond donors (Lipinski definition) is 3. The molecule has 1 aromatic carbocycles. The fraction of sp³-hybridized carbons (Fsp3) is 0.0769. The average Bonchev–Trinajstić information content (AvgIpc) is 3.03. The number of aromatic nitrogens is 3. The number of methoxy groups -OCH3 is 1. The van der Waals surface area contributed by atoms with Gasteiger partial charge in [0.15, 0.2) is 0 Å². The minimum atomic E-state index is -1.01. The molecule has 0 aliphatic carbocycles. The molecule has 0 radical (unpaired) electrons. The van der Waals surface area contributed by atoms with Crippen molar-refractivity contribution < 1.29 is 14.6 Å². The second kappa shape index (κ2) is 4.16. The number of carboxylic acid groups (broad SMARTS) is 1. The molecule has 6 nitrogen and oxygen atoms in total.